The van der Waals surface area contributed by atoms with Gasteiger partial charge in [0.1, 0.15) is 0 Å². The zero-order valence-corrected chi connectivity index (χ0v) is 11.0. The molecule has 0 saturated heterocycles. The van der Waals surface area contributed by atoms with Crippen molar-refractivity contribution in [1.29, 1.82) is 0 Å². The smallest absolute Gasteiger partial charge is 0.358 e. The first-order valence-electron chi connectivity index (χ1n) is 6.02. The molecule has 2 N–H and O–H groups in total. The minimum Gasteiger partial charge on any atom is -0.481 e. The summed E-state index contributed by atoms with van der Waals surface area (Å²) >= 11 is 0. The molecule has 0 fully saturated rings. The number of nitrogens with zero attached hydrogens (tertiary/aromatic N) is 4. The van der Waals surface area contributed by atoms with Crippen LogP contribution < -0.4 is 10.1 Å². The molecule has 8 heteroatoms. The first-order chi connectivity index (χ1) is 9.69. The maximum absolute atomic E-state index is 10.6. The highest BCUT2D eigenvalue weighted by atomic mass is 16.5. The van der Waals surface area contributed by atoms with E-state index in [2.05, 4.69) is 20.6 Å². The number of methoxy groups -OCH3 is 1. The summed E-state index contributed by atoms with van der Waals surface area (Å²) in [4.78, 5) is 14.7. The van der Waals surface area contributed by atoms with E-state index in [1.165, 1.54) is 10.9 Å². The van der Waals surface area contributed by atoms with Crippen molar-refractivity contribution >= 4 is 5.97 Å². The second-order valence-electron chi connectivity index (χ2n) is 4.06. The molecule has 0 aliphatic rings. The van der Waals surface area contributed by atoms with Crippen molar-refractivity contribution < 1.29 is 14.6 Å². The van der Waals surface area contributed by atoms with Crippen LogP contribution in [-0.2, 0) is 13.1 Å². The van der Waals surface area contributed by atoms with Crippen LogP contribution in [-0.4, -0.2) is 44.7 Å². The normalized spacial score (nSPS) is 10.4. The summed E-state index contributed by atoms with van der Waals surface area (Å²) in [5.41, 5.74) is 0.986. The van der Waals surface area contributed by atoms with Crippen LogP contribution in [0, 0.1) is 0 Å². The molecule has 20 heavy (non-hydrogen) atoms. The van der Waals surface area contributed by atoms with Gasteiger partial charge in [0.2, 0.25) is 5.88 Å². The Morgan fingerprint density at radius 3 is 2.95 bits per heavy atom. The van der Waals surface area contributed by atoms with Crippen molar-refractivity contribution in [2.24, 2.45) is 0 Å². The van der Waals surface area contributed by atoms with E-state index in [0.717, 1.165) is 5.56 Å². The van der Waals surface area contributed by atoms with Crippen LogP contribution >= 0.6 is 0 Å². The summed E-state index contributed by atoms with van der Waals surface area (Å²) in [7, 11) is 1.57. The maximum atomic E-state index is 10.6. The lowest BCUT2D eigenvalue weighted by Gasteiger charge is -2.05. The van der Waals surface area contributed by atoms with Gasteiger partial charge >= 0.3 is 5.97 Å². The monoisotopic (exact) mass is 277 g/mol. The van der Waals surface area contributed by atoms with E-state index in [9.17, 15) is 4.79 Å². The lowest BCUT2D eigenvalue weighted by atomic mass is 10.3. The van der Waals surface area contributed by atoms with Crippen molar-refractivity contribution in [3.05, 3.63) is 35.8 Å². The summed E-state index contributed by atoms with van der Waals surface area (Å²) < 4.78 is 6.47. The van der Waals surface area contributed by atoms with Crippen LogP contribution in [0.15, 0.2) is 24.5 Å². The van der Waals surface area contributed by atoms with Crippen molar-refractivity contribution in [3.63, 3.8) is 0 Å². The predicted molar refractivity (Wildman–Crippen MR) is 69.5 cm³/mol. The van der Waals surface area contributed by atoms with Gasteiger partial charge in [-0.3, -0.25) is 4.68 Å². The molecule has 2 aromatic rings. The molecule has 106 valence electrons. The van der Waals surface area contributed by atoms with Gasteiger partial charge in [-0.25, -0.2) is 9.78 Å². The number of pyridine rings is 1. The van der Waals surface area contributed by atoms with Crippen molar-refractivity contribution in [1.82, 2.24) is 25.3 Å². The van der Waals surface area contributed by atoms with E-state index in [0.29, 0.717) is 25.5 Å². The van der Waals surface area contributed by atoms with Crippen LogP contribution in [0.4, 0.5) is 0 Å². The van der Waals surface area contributed by atoms with E-state index in [1.807, 2.05) is 6.07 Å². The molecular formula is C12H15N5O3. The molecule has 0 radical (unpaired) electrons. The van der Waals surface area contributed by atoms with Crippen LogP contribution in [0.2, 0.25) is 0 Å². The summed E-state index contributed by atoms with van der Waals surface area (Å²) in [6, 6.07) is 3.73. The number of ether oxygens (including phenoxy) is 1. The number of aromatic carboxylic acids is 1. The number of rotatable bonds is 7. The molecule has 0 aromatic carbocycles. The zero-order chi connectivity index (χ0) is 14.4. The number of hydrogen-bond donors (Lipinski definition) is 2. The summed E-state index contributed by atoms with van der Waals surface area (Å²) in [5.74, 6) is -0.494. The molecule has 0 atom stereocenters. The van der Waals surface area contributed by atoms with Gasteiger partial charge < -0.3 is 15.2 Å². The number of carboxylic acid groups (broad SMARTS) is 1. The van der Waals surface area contributed by atoms with Crippen LogP contribution in [0.1, 0.15) is 16.1 Å². The lowest BCUT2D eigenvalue weighted by molar-refractivity contribution is 0.0690. The fraction of sp³-hybridized carbons (Fsp3) is 0.333. The van der Waals surface area contributed by atoms with E-state index in [4.69, 9.17) is 9.84 Å². The number of hydrogen-bond acceptors (Lipinski definition) is 6. The van der Waals surface area contributed by atoms with Crippen LogP contribution in [0.3, 0.4) is 0 Å². The Kier molecular flexibility index (Phi) is 4.61. The maximum Gasteiger partial charge on any atom is 0.358 e. The number of carbonyl (C=O) groups is 1. The quantitative estimate of drug-likeness (QED) is 0.695. The highest BCUT2D eigenvalue weighted by molar-refractivity contribution is 5.84. The highest BCUT2D eigenvalue weighted by Gasteiger charge is 2.07. The van der Waals surface area contributed by atoms with Crippen LogP contribution in [0.5, 0.6) is 5.88 Å². The molecule has 0 amide bonds. The van der Waals surface area contributed by atoms with Crippen molar-refractivity contribution in [3.8, 4) is 5.88 Å². The first-order valence-corrected chi connectivity index (χ1v) is 6.02. The number of carboxylic acids is 1. The zero-order valence-electron chi connectivity index (χ0n) is 11.0. The van der Waals surface area contributed by atoms with Crippen LogP contribution in [0.25, 0.3) is 0 Å². The van der Waals surface area contributed by atoms with Gasteiger partial charge in [-0.1, -0.05) is 11.3 Å². The third-order valence-electron chi connectivity index (χ3n) is 2.61. The predicted octanol–water partition coefficient (Wildman–Crippen LogP) is 0.170. The third kappa shape index (κ3) is 3.75. The second kappa shape index (κ2) is 6.62. The topological polar surface area (TPSA) is 102 Å². The van der Waals surface area contributed by atoms with E-state index in [1.54, 1.807) is 19.4 Å². The number of nitrogens with one attached hydrogen (secondary N) is 1. The van der Waals surface area contributed by atoms with Gasteiger partial charge in [0.25, 0.3) is 0 Å². The molecule has 0 bridgehead atoms. The molecule has 2 aromatic heterocycles. The minimum atomic E-state index is -1.08. The van der Waals surface area contributed by atoms with E-state index >= 15 is 0 Å². The summed E-state index contributed by atoms with van der Waals surface area (Å²) in [5, 5.41) is 19.2. The summed E-state index contributed by atoms with van der Waals surface area (Å²) in [6.07, 6.45) is 3.14. The Labute approximate surface area is 115 Å². The van der Waals surface area contributed by atoms with Gasteiger partial charge in [0.15, 0.2) is 5.69 Å². The summed E-state index contributed by atoms with van der Waals surface area (Å²) in [6.45, 7) is 1.86. The SMILES string of the molecule is COc1ccc(CNCCn2cc(C(=O)O)nn2)cn1. The molecule has 0 aliphatic carbocycles. The van der Waals surface area contributed by atoms with E-state index < -0.39 is 5.97 Å². The van der Waals surface area contributed by atoms with Gasteiger partial charge in [-0.15, -0.1) is 5.10 Å². The third-order valence-corrected chi connectivity index (χ3v) is 2.61. The van der Waals surface area contributed by atoms with Gasteiger partial charge in [-0.2, -0.15) is 0 Å². The Bertz CT molecular complexity index is 567. The second-order valence-corrected chi connectivity index (χ2v) is 4.06. The first kappa shape index (κ1) is 13.9. The minimum absolute atomic E-state index is 0.0515. The fourth-order valence-corrected chi connectivity index (χ4v) is 1.57. The van der Waals surface area contributed by atoms with Gasteiger partial charge in [0, 0.05) is 25.4 Å². The molecule has 0 unspecified atom stereocenters. The lowest BCUT2D eigenvalue weighted by Crippen LogP contribution is -2.19. The Morgan fingerprint density at radius 1 is 1.50 bits per heavy atom. The Morgan fingerprint density at radius 2 is 2.35 bits per heavy atom. The van der Waals surface area contributed by atoms with Gasteiger partial charge in [-0.05, 0) is 5.56 Å². The fourth-order valence-electron chi connectivity index (χ4n) is 1.57. The Hall–Kier alpha value is -2.48. The molecule has 2 rings (SSSR count). The largest absolute Gasteiger partial charge is 0.481 e. The standard InChI is InChI=1S/C12H15N5O3/c1-20-11-3-2-9(7-14-11)6-13-4-5-17-8-10(12(18)19)15-16-17/h2-3,7-8,13H,4-6H2,1H3,(H,18,19). The van der Waals surface area contributed by atoms with Gasteiger partial charge in [0.05, 0.1) is 19.9 Å². The highest BCUT2D eigenvalue weighted by Crippen LogP contribution is 2.05. The molecule has 0 aliphatic heterocycles. The Balaban J connectivity index is 1.73. The molecule has 8 nitrogen and oxygen atoms in total. The average Bonchev–Trinajstić information content (AvgIpc) is 2.93. The average molecular weight is 277 g/mol. The molecule has 0 saturated carbocycles. The molecule has 2 heterocycles. The van der Waals surface area contributed by atoms with Crippen molar-refractivity contribution in [2.45, 2.75) is 13.1 Å². The van der Waals surface area contributed by atoms with E-state index in [-0.39, 0.29) is 5.69 Å². The molecular weight excluding hydrogens is 262 g/mol. The number of aromatic nitrogens is 4. The molecule has 0 spiro atoms. The van der Waals surface area contributed by atoms with Crippen molar-refractivity contribution in [2.75, 3.05) is 13.7 Å².